The Morgan fingerprint density at radius 2 is 1.62 bits per heavy atom. The molecule has 0 bridgehead atoms. The van der Waals surface area contributed by atoms with Gasteiger partial charge in [0.2, 0.25) is 0 Å². The zero-order valence-corrected chi connectivity index (χ0v) is 11.8. The summed E-state index contributed by atoms with van der Waals surface area (Å²) in [5, 5.41) is 0. The van der Waals surface area contributed by atoms with E-state index in [4.69, 9.17) is 0 Å². The van der Waals surface area contributed by atoms with Crippen LogP contribution in [-0.4, -0.2) is 11.9 Å². The first-order chi connectivity index (χ1) is 7.41. The molecule has 0 aliphatic heterocycles. The van der Waals surface area contributed by atoms with Gasteiger partial charge in [0, 0.05) is 18.4 Å². The molecule has 16 heavy (non-hydrogen) atoms. The summed E-state index contributed by atoms with van der Waals surface area (Å²) in [4.78, 5) is 2.06. The lowest BCUT2D eigenvalue weighted by Crippen LogP contribution is -2.20. The Labute approximate surface area is 102 Å². The molecule has 0 heterocycles. The zero-order chi connectivity index (χ0) is 13.3. The molecule has 0 aromatic heterocycles. The number of likely N-dealkylation sites (N-methyl/N-ethyl adjacent to an activating group) is 1. The summed E-state index contributed by atoms with van der Waals surface area (Å²) in [7, 11) is 2.01. The SMILES string of the molecule is C=C/C=C(\C(=C)C)N(C)C(=C)C(C)C.CC. The van der Waals surface area contributed by atoms with Crippen LogP contribution in [0.1, 0.15) is 34.6 Å². The lowest BCUT2D eigenvalue weighted by atomic mass is 10.1. The molecule has 0 N–H and O–H groups in total. The smallest absolute Gasteiger partial charge is 0.0429 e. The predicted molar refractivity (Wildman–Crippen MR) is 76.2 cm³/mol. The first kappa shape index (κ1) is 17.2. The van der Waals surface area contributed by atoms with E-state index in [9.17, 15) is 0 Å². The Bertz CT molecular complexity index is 269. The van der Waals surface area contributed by atoms with Crippen LogP contribution in [-0.2, 0) is 0 Å². The first-order valence-corrected chi connectivity index (χ1v) is 5.83. The molecule has 0 aliphatic rings. The highest BCUT2D eigenvalue weighted by Gasteiger charge is 2.10. The highest BCUT2D eigenvalue weighted by atomic mass is 15.1. The van der Waals surface area contributed by atoms with Gasteiger partial charge in [-0.1, -0.05) is 53.5 Å². The maximum atomic E-state index is 4.05. The quantitative estimate of drug-likeness (QED) is 0.605. The molecule has 0 aliphatic carbocycles. The molecule has 0 saturated carbocycles. The van der Waals surface area contributed by atoms with Crippen LogP contribution in [0.4, 0.5) is 0 Å². The summed E-state index contributed by atoms with van der Waals surface area (Å²) in [5.74, 6) is 0.438. The van der Waals surface area contributed by atoms with E-state index in [0.717, 1.165) is 17.0 Å². The molecule has 1 heteroatoms. The van der Waals surface area contributed by atoms with Crippen molar-refractivity contribution >= 4 is 0 Å². The van der Waals surface area contributed by atoms with Crippen LogP contribution in [0.2, 0.25) is 0 Å². The van der Waals surface area contributed by atoms with Gasteiger partial charge in [-0.3, -0.25) is 0 Å². The summed E-state index contributed by atoms with van der Waals surface area (Å²) in [6.45, 7) is 21.9. The van der Waals surface area contributed by atoms with Crippen LogP contribution < -0.4 is 0 Å². The van der Waals surface area contributed by atoms with Crippen molar-refractivity contribution < 1.29 is 0 Å². The zero-order valence-electron chi connectivity index (χ0n) is 11.8. The summed E-state index contributed by atoms with van der Waals surface area (Å²) < 4.78 is 0. The molecule has 1 nitrogen and oxygen atoms in total. The molecular weight excluding hydrogens is 194 g/mol. The van der Waals surface area contributed by atoms with Crippen molar-refractivity contribution in [3.8, 4) is 0 Å². The number of allylic oxidation sites excluding steroid dienone is 4. The summed E-state index contributed by atoms with van der Waals surface area (Å²) in [6.07, 6.45) is 3.73. The van der Waals surface area contributed by atoms with Crippen LogP contribution in [0, 0.1) is 5.92 Å². The van der Waals surface area contributed by atoms with Gasteiger partial charge in [0.15, 0.2) is 0 Å². The van der Waals surface area contributed by atoms with Gasteiger partial charge < -0.3 is 4.90 Å². The van der Waals surface area contributed by atoms with E-state index in [2.05, 4.69) is 38.5 Å². The minimum atomic E-state index is 0.438. The van der Waals surface area contributed by atoms with Crippen molar-refractivity contribution in [1.29, 1.82) is 0 Å². The van der Waals surface area contributed by atoms with Crippen LogP contribution in [0.5, 0.6) is 0 Å². The van der Waals surface area contributed by atoms with E-state index in [1.165, 1.54) is 0 Å². The molecule has 0 aromatic carbocycles. The van der Waals surface area contributed by atoms with Crippen LogP contribution >= 0.6 is 0 Å². The van der Waals surface area contributed by atoms with Crippen molar-refractivity contribution in [2.24, 2.45) is 5.92 Å². The highest BCUT2D eigenvalue weighted by molar-refractivity contribution is 5.31. The molecule has 0 rings (SSSR count). The average molecular weight is 221 g/mol. The Morgan fingerprint density at radius 3 is 1.88 bits per heavy atom. The van der Waals surface area contributed by atoms with Gasteiger partial charge in [-0.25, -0.2) is 0 Å². The first-order valence-electron chi connectivity index (χ1n) is 5.83. The lowest BCUT2D eigenvalue weighted by Gasteiger charge is -2.27. The second-order valence-electron chi connectivity index (χ2n) is 3.77. The fourth-order valence-electron chi connectivity index (χ4n) is 1.19. The van der Waals surface area contributed by atoms with Gasteiger partial charge >= 0.3 is 0 Å². The topological polar surface area (TPSA) is 3.24 Å². The molecular formula is C15H27N. The second-order valence-corrected chi connectivity index (χ2v) is 3.77. The van der Waals surface area contributed by atoms with Gasteiger partial charge in [0.05, 0.1) is 0 Å². The Kier molecular flexibility index (Phi) is 9.68. The fraction of sp³-hybridized carbons (Fsp3) is 0.467. The maximum Gasteiger partial charge on any atom is 0.0429 e. The number of rotatable bonds is 5. The van der Waals surface area contributed by atoms with E-state index in [0.29, 0.717) is 5.92 Å². The largest absolute Gasteiger partial charge is 0.348 e. The maximum absolute atomic E-state index is 4.05. The summed E-state index contributed by atoms with van der Waals surface area (Å²) >= 11 is 0. The monoisotopic (exact) mass is 221 g/mol. The molecule has 0 aromatic rings. The van der Waals surface area contributed by atoms with E-state index in [1.807, 2.05) is 33.9 Å². The number of nitrogens with zero attached hydrogens (tertiary/aromatic N) is 1. The minimum absolute atomic E-state index is 0.438. The van der Waals surface area contributed by atoms with Crippen molar-refractivity contribution in [2.75, 3.05) is 7.05 Å². The van der Waals surface area contributed by atoms with E-state index < -0.39 is 0 Å². The molecule has 0 fully saturated rings. The number of hydrogen-bond donors (Lipinski definition) is 0. The van der Waals surface area contributed by atoms with Crippen molar-refractivity contribution in [3.63, 3.8) is 0 Å². The third kappa shape index (κ3) is 5.59. The Hall–Kier alpha value is -1.24. The minimum Gasteiger partial charge on any atom is -0.348 e. The molecule has 92 valence electrons. The molecule has 0 unspecified atom stereocenters. The third-order valence-corrected chi connectivity index (χ3v) is 2.17. The van der Waals surface area contributed by atoms with E-state index >= 15 is 0 Å². The standard InChI is InChI=1S/C13H21N.C2H6/c1-8-9-13(11(4)5)14(7)12(6)10(2)3;1-2/h8-10H,1,4,6H2,2-3,5,7H3;1-2H3/b13-9+;. The van der Waals surface area contributed by atoms with Crippen LogP contribution in [0.3, 0.4) is 0 Å². The molecule has 0 spiro atoms. The normalized spacial score (nSPS) is 10.3. The van der Waals surface area contributed by atoms with Crippen LogP contribution in [0.15, 0.2) is 48.9 Å². The Morgan fingerprint density at radius 1 is 1.19 bits per heavy atom. The van der Waals surface area contributed by atoms with Crippen molar-refractivity contribution in [3.05, 3.63) is 48.9 Å². The summed E-state index contributed by atoms with van der Waals surface area (Å²) in [5.41, 5.74) is 3.18. The van der Waals surface area contributed by atoms with Gasteiger partial charge in [-0.15, -0.1) is 0 Å². The van der Waals surface area contributed by atoms with Gasteiger partial charge in [0.25, 0.3) is 0 Å². The van der Waals surface area contributed by atoms with E-state index in [-0.39, 0.29) is 0 Å². The number of hydrogen-bond acceptors (Lipinski definition) is 1. The van der Waals surface area contributed by atoms with Gasteiger partial charge in [0.1, 0.15) is 0 Å². The van der Waals surface area contributed by atoms with Gasteiger partial charge in [-0.05, 0) is 24.5 Å². The Balaban J connectivity index is 0. The average Bonchev–Trinajstić information content (AvgIpc) is 2.26. The second kappa shape index (κ2) is 9.02. The van der Waals surface area contributed by atoms with E-state index in [1.54, 1.807) is 6.08 Å². The van der Waals surface area contributed by atoms with Crippen molar-refractivity contribution in [2.45, 2.75) is 34.6 Å². The highest BCUT2D eigenvalue weighted by Crippen LogP contribution is 2.20. The molecule has 0 atom stereocenters. The van der Waals surface area contributed by atoms with Crippen molar-refractivity contribution in [1.82, 2.24) is 4.90 Å². The third-order valence-electron chi connectivity index (χ3n) is 2.17. The molecule has 0 radical (unpaired) electrons. The molecule has 0 saturated heterocycles. The molecule has 0 amide bonds. The predicted octanol–water partition coefficient (Wildman–Crippen LogP) is 4.76. The van der Waals surface area contributed by atoms with Crippen LogP contribution in [0.25, 0.3) is 0 Å². The lowest BCUT2D eigenvalue weighted by molar-refractivity contribution is 0.463. The van der Waals surface area contributed by atoms with Gasteiger partial charge in [-0.2, -0.15) is 0 Å². The summed E-state index contributed by atoms with van der Waals surface area (Å²) in [6, 6.07) is 0. The fourth-order valence-corrected chi connectivity index (χ4v) is 1.19.